The molecule has 1 heterocycles. The maximum Gasteiger partial charge on any atom is 0.251 e. The lowest BCUT2D eigenvalue weighted by molar-refractivity contribution is 0.00925. The molecule has 1 amide bonds. The molecule has 0 spiro atoms. The molecule has 1 aromatic rings. The molecule has 0 aromatic heterocycles. The van der Waals surface area contributed by atoms with Crippen molar-refractivity contribution in [2.24, 2.45) is 0 Å². The fourth-order valence-electron chi connectivity index (χ4n) is 2.75. The minimum atomic E-state index is -0.00994. The van der Waals surface area contributed by atoms with Crippen molar-refractivity contribution >= 4 is 11.6 Å². The summed E-state index contributed by atoms with van der Waals surface area (Å²) in [4.78, 5) is 11.8. The molecule has 4 nitrogen and oxygen atoms in total. The Kier molecular flexibility index (Phi) is 5.62. The molecule has 1 aromatic carbocycles. The highest BCUT2D eigenvalue weighted by Gasteiger charge is 2.21. The average Bonchev–Trinajstić information content (AvgIpc) is 2.49. The number of aryl methyl sites for hydroxylation is 1. The number of anilines is 1. The summed E-state index contributed by atoms with van der Waals surface area (Å²) in [6, 6.07) is 6.30. The minimum absolute atomic E-state index is 0.00994. The van der Waals surface area contributed by atoms with Crippen molar-refractivity contribution < 1.29 is 9.53 Å². The number of hydrogen-bond acceptors (Lipinski definition) is 3. The monoisotopic (exact) mass is 290 g/mol. The van der Waals surface area contributed by atoms with Gasteiger partial charge >= 0.3 is 0 Å². The second kappa shape index (κ2) is 7.46. The number of amides is 1. The van der Waals surface area contributed by atoms with Gasteiger partial charge in [-0.1, -0.05) is 6.92 Å². The van der Waals surface area contributed by atoms with Gasteiger partial charge in [0.1, 0.15) is 0 Å². The quantitative estimate of drug-likeness (QED) is 0.876. The van der Waals surface area contributed by atoms with Crippen molar-refractivity contribution in [2.75, 3.05) is 18.5 Å². The smallest absolute Gasteiger partial charge is 0.251 e. The molecule has 1 aliphatic rings. The van der Waals surface area contributed by atoms with Crippen LogP contribution < -0.4 is 10.6 Å². The lowest BCUT2D eigenvalue weighted by Crippen LogP contribution is -2.33. The third kappa shape index (κ3) is 4.21. The van der Waals surface area contributed by atoms with Gasteiger partial charge in [0.15, 0.2) is 0 Å². The maximum absolute atomic E-state index is 11.8. The molecule has 0 saturated carbocycles. The van der Waals surface area contributed by atoms with Crippen LogP contribution in [-0.2, 0) is 4.74 Å². The zero-order valence-corrected chi connectivity index (χ0v) is 13.2. The zero-order valence-electron chi connectivity index (χ0n) is 13.2. The summed E-state index contributed by atoms with van der Waals surface area (Å²) in [7, 11) is 0. The number of rotatable bonds is 5. The van der Waals surface area contributed by atoms with Crippen molar-refractivity contribution in [3.8, 4) is 0 Å². The molecule has 2 atom stereocenters. The normalized spacial score (nSPS) is 21.9. The second-order valence-electron chi connectivity index (χ2n) is 5.66. The Bertz CT molecular complexity index is 488. The topological polar surface area (TPSA) is 50.4 Å². The van der Waals surface area contributed by atoms with Crippen LogP contribution in [-0.4, -0.2) is 31.2 Å². The van der Waals surface area contributed by atoms with E-state index in [2.05, 4.69) is 17.6 Å². The Morgan fingerprint density at radius 2 is 2.19 bits per heavy atom. The first-order valence-corrected chi connectivity index (χ1v) is 7.91. The number of benzene rings is 1. The van der Waals surface area contributed by atoms with E-state index < -0.39 is 0 Å². The van der Waals surface area contributed by atoms with Crippen LogP contribution in [0.2, 0.25) is 0 Å². The van der Waals surface area contributed by atoms with Gasteiger partial charge < -0.3 is 15.4 Å². The highest BCUT2D eigenvalue weighted by molar-refractivity contribution is 5.94. The predicted octanol–water partition coefficient (Wildman–Crippen LogP) is 3.11. The van der Waals surface area contributed by atoms with E-state index in [0.717, 1.165) is 42.7 Å². The summed E-state index contributed by atoms with van der Waals surface area (Å²) in [6.45, 7) is 7.61. The van der Waals surface area contributed by atoms with Crippen molar-refractivity contribution in [1.29, 1.82) is 0 Å². The summed E-state index contributed by atoms with van der Waals surface area (Å²) in [5.41, 5.74) is 2.95. The van der Waals surface area contributed by atoms with E-state index in [1.54, 1.807) is 0 Å². The first kappa shape index (κ1) is 15.8. The summed E-state index contributed by atoms with van der Waals surface area (Å²) >= 11 is 0. The Morgan fingerprint density at radius 3 is 2.86 bits per heavy atom. The van der Waals surface area contributed by atoms with Gasteiger partial charge in [-0.05, 0) is 56.9 Å². The standard InChI is InChI=1S/C17H26N2O2/c1-4-15-11-14(8-9-21-15)19-16-7-6-13(10-12(16)3)17(20)18-5-2/h6-7,10,14-15,19H,4-5,8-9,11H2,1-3H3,(H,18,20). The van der Waals surface area contributed by atoms with Crippen molar-refractivity contribution in [3.63, 3.8) is 0 Å². The SMILES string of the molecule is CCNC(=O)c1ccc(NC2CCOC(CC)C2)c(C)c1. The number of carbonyl (C=O) groups is 1. The first-order valence-electron chi connectivity index (χ1n) is 7.91. The third-order valence-corrected chi connectivity index (χ3v) is 4.01. The largest absolute Gasteiger partial charge is 0.382 e. The molecule has 0 radical (unpaired) electrons. The van der Waals surface area contributed by atoms with Gasteiger partial charge in [-0.3, -0.25) is 4.79 Å². The zero-order chi connectivity index (χ0) is 15.2. The fourth-order valence-corrected chi connectivity index (χ4v) is 2.75. The molecule has 4 heteroatoms. The lowest BCUT2D eigenvalue weighted by atomic mass is 10.0. The Balaban J connectivity index is 2.02. The molecule has 21 heavy (non-hydrogen) atoms. The summed E-state index contributed by atoms with van der Waals surface area (Å²) < 4.78 is 5.71. The summed E-state index contributed by atoms with van der Waals surface area (Å²) in [5, 5.41) is 6.43. The van der Waals surface area contributed by atoms with Crippen LogP contribution in [0.1, 0.15) is 49.0 Å². The van der Waals surface area contributed by atoms with E-state index >= 15 is 0 Å². The van der Waals surface area contributed by atoms with Crippen molar-refractivity contribution in [2.45, 2.75) is 52.2 Å². The molecule has 2 N–H and O–H groups in total. The number of ether oxygens (including phenoxy) is 1. The number of carbonyl (C=O) groups excluding carboxylic acids is 1. The third-order valence-electron chi connectivity index (χ3n) is 4.01. The van der Waals surface area contributed by atoms with Crippen LogP contribution in [0, 0.1) is 6.92 Å². The van der Waals surface area contributed by atoms with E-state index in [-0.39, 0.29) is 5.91 Å². The molecule has 2 unspecified atom stereocenters. The molecule has 1 saturated heterocycles. The number of hydrogen-bond donors (Lipinski definition) is 2. The predicted molar refractivity (Wildman–Crippen MR) is 85.9 cm³/mol. The van der Waals surface area contributed by atoms with Gasteiger partial charge in [-0.15, -0.1) is 0 Å². The Morgan fingerprint density at radius 1 is 1.38 bits per heavy atom. The highest BCUT2D eigenvalue weighted by Crippen LogP contribution is 2.23. The highest BCUT2D eigenvalue weighted by atomic mass is 16.5. The van der Waals surface area contributed by atoms with Crippen LogP contribution >= 0.6 is 0 Å². The minimum Gasteiger partial charge on any atom is -0.382 e. The van der Waals surface area contributed by atoms with E-state index in [9.17, 15) is 4.79 Å². The van der Waals surface area contributed by atoms with Gasteiger partial charge in [-0.2, -0.15) is 0 Å². The van der Waals surface area contributed by atoms with Crippen LogP contribution in [0.15, 0.2) is 18.2 Å². The second-order valence-corrected chi connectivity index (χ2v) is 5.66. The molecule has 0 aliphatic carbocycles. The van der Waals surface area contributed by atoms with Crippen LogP contribution in [0.4, 0.5) is 5.69 Å². The van der Waals surface area contributed by atoms with Crippen molar-refractivity contribution in [1.82, 2.24) is 5.32 Å². The fraction of sp³-hybridized carbons (Fsp3) is 0.588. The van der Waals surface area contributed by atoms with Crippen molar-refractivity contribution in [3.05, 3.63) is 29.3 Å². The van der Waals surface area contributed by atoms with Gasteiger partial charge in [0.05, 0.1) is 6.10 Å². The van der Waals surface area contributed by atoms with Gasteiger partial charge in [0.2, 0.25) is 0 Å². The van der Waals surface area contributed by atoms with E-state index in [1.165, 1.54) is 0 Å². The molecular weight excluding hydrogens is 264 g/mol. The Hall–Kier alpha value is -1.55. The van der Waals surface area contributed by atoms with Gasteiger partial charge in [0.25, 0.3) is 5.91 Å². The van der Waals surface area contributed by atoms with Gasteiger partial charge in [0, 0.05) is 30.4 Å². The van der Waals surface area contributed by atoms with Crippen LogP contribution in [0.5, 0.6) is 0 Å². The van der Waals surface area contributed by atoms with E-state index in [4.69, 9.17) is 4.74 Å². The Labute approximate surface area is 127 Å². The molecule has 116 valence electrons. The van der Waals surface area contributed by atoms with E-state index in [1.807, 2.05) is 32.0 Å². The molecule has 0 bridgehead atoms. The summed E-state index contributed by atoms with van der Waals surface area (Å²) in [5.74, 6) is -0.00994. The average molecular weight is 290 g/mol. The van der Waals surface area contributed by atoms with E-state index in [0.29, 0.717) is 18.7 Å². The molecule has 2 rings (SSSR count). The molecule has 1 fully saturated rings. The summed E-state index contributed by atoms with van der Waals surface area (Å²) in [6.07, 6.45) is 3.51. The lowest BCUT2D eigenvalue weighted by Gasteiger charge is -2.30. The molecular formula is C17H26N2O2. The first-order chi connectivity index (χ1) is 10.1. The van der Waals surface area contributed by atoms with Crippen LogP contribution in [0.25, 0.3) is 0 Å². The number of nitrogens with one attached hydrogen (secondary N) is 2. The van der Waals surface area contributed by atoms with Crippen LogP contribution in [0.3, 0.4) is 0 Å². The maximum atomic E-state index is 11.8. The van der Waals surface area contributed by atoms with Gasteiger partial charge in [-0.25, -0.2) is 0 Å². The molecule has 1 aliphatic heterocycles.